The van der Waals surface area contributed by atoms with Crippen molar-refractivity contribution in [1.29, 1.82) is 0 Å². The second kappa shape index (κ2) is 6.74. The maximum atomic E-state index is 13.5. The van der Waals surface area contributed by atoms with E-state index in [1.807, 2.05) is 0 Å². The summed E-state index contributed by atoms with van der Waals surface area (Å²) >= 11 is 5.08. The Morgan fingerprint density at radius 2 is 1.74 bits per heavy atom. The minimum Gasteiger partial charge on any atom is -0.466 e. The largest absolute Gasteiger partial charge is 0.466 e. The van der Waals surface area contributed by atoms with Gasteiger partial charge in [-0.05, 0) is 28.3 Å². The predicted octanol–water partition coefficient (Wildman–Crippen LogP) is 4.74. The monoisotopic (exact) mass is 414 g/mol. The number of alkyl halides is 6. The van der Waals surface area contributed by atoms with Gasteiger partial charge in [0.2, 0.25) is 0 Å². The first-order chi connectivity index (χ1) is 8.33. The first kappa shape index (κ1) is 19.1. The van der Waals surface area contributed by atoms with Crippen molar-refractivity contribution in [3.05, 3.63) is 0 Å². The molecule has 19 heavy (non-hydrogen) atoms. The van der Waals surface area contributed by atoms with Crippen molar-refractivity contribution in [2.45, 2.75) is 49.2 Å². The van der Waals surface area contributed by atoms with Crippen LogP contribution in [0, 0.1) is 5.41 Å². The molecule has 0 rings (SSSR count). The van der Waals surface area contributed by atoms with Crippen LogP contribution >= 0.6 is 31.9 Å². The van der Waals surface area contributed by atoms with Crippen molar-refractivity contribution in [2.75, 3.05) is 6.61 Å². The van der Waals surface area contributed by atoms with E-state index >= 15 is 0 Å². The van der Waals surface area contributed by atoms with Crippen molar-refractivity contribution in [1.82, 2.24) is 0 Å². The zero-order valence-electron chi connectivity index (χ0n) is 10.8. The van der Waals surface area contributed by atoms with Gasteiger partial charge in [-0.3, -0.25) is 4.79 Å². The van der Waals surface area contributed by atoms with E-state index in [-0.39, 0.29) is 13.0 Å². The molecule has 0 amide bonds. The van der Waals surface area contributed by atoms with Crippen molar-refractivity contribution >= 4 is 37.8 Å². The van der Waals surface area contributed by atoms with Crippen LogP contribution in [-0.4, -0.2) is 28.2 Å². The van der Waals surface area contributed by atoms with Gasteiger partial charge in [-0.1, -0.05) is 29.8 Å². The van der Waals surface area contributed by atoms with Crippen LogP contribution in [0.3, 0.4) is 0 Å². The highest BCUT2D eigenvalue weighted by atomic mass is 79.9. The molecule has 0 bridgehead atoms. The van der Waals surface area contributed by atoms with Crippen LogP contribution in [0.25, 0.3) is 0 Å². The third-order valence-corrected chi connectivity index (χ3v) is 4.94. The number of hydrogen-bond acceptors (Lipinski definition) is 2. The maximum absolute atomic E-state index is 13.5. The lowest BCUT2D eigenvalue weighted by Crippen LogP contribution is -2.41. The molecule has 2 unspecified atom stereocenters. The summed E-state index contributed by atoms with van der Waals surface area (Å²) in [4.78, 5) is 10.5. The molecule has 0 aromatic heterocycles. The Balaban J connectivity index is 4.72. The number of carbonyl (C=O) groups is 1. The Morgan fingerprint density at radius 3 is 2.11 bits per heavy atom. The molecule has 0 aliphatic carbocycles. The lowest BCUT2D eigenvalue weighted by atomic mass is 9.83. The van der Waals surface area contributed by atoms with Gasteiger partial charge in [-0.2, -0.15) is 13.2 Å². The average molecular weight is 416 g/mol. The van der Waals surface area contributed by atoms with Gasteiger partial charge >= 0.3 is 12.1 Å². The van der Waals surface area contributed by atoms with Crippen LogP contribution in [-0.2, 0) is 9.53 Å². The Bertz CT molecular complexity index is 316. The predicted molar refractivity (Wildman–Crippen MR) is 71.2 cm³/mol. The third-order valence-electron chi connectivity index (χ3n) is 2.60. The summed E-state index contributed by atoms with van der Waals surface area (Å²) in [6.45, 7) is 4.97. The molecule has 0 aliphatic heterocycles. The fraction of sp³-hybridized carbons (Fsp3) is 0.909. The van der Waals surface area contributed by atoms with Crippen LogP contribution in [0.2, 0.25) is 0 Å². The number of esters is 1. The van der Waals surface area contributed by atoms with Crippen molar-refractivity contribution in [3.63, 3.8) is 0 Å². The Kier molecular flexibility index (Phi) is 6.79. The van der Waals surface area contributed by atoms with E-state index in [1.54, 1.807) is 20.8 Å². The highest BCUT2D eigenvalue weighted by Crippen LogP contribution is 2.47. The van der Waals surface area contributed by atoms with Gasteiger partial charge in [0.15, 0.2) is 0 Å². The van der Waals surface area contributed by atoms with Crippen LogP contribution in [0.4, 0.5) is 17.6 Å². The Morgan fingerprint density at radius 1 is 1.26 bits per heavy atom. The molecule has 0 radical (unpaired) electrons. The Hall–Kier alpha value is 0.150. The summed E-state index contributed by atoms with van der Waals surface area (Å²) in [6.07, 6.45) is -5.96. The van der Waals surface area contributed by atoms with Gasteiger partial charge in [-0.25, -0.2) is 4.39 Å². The van der Waals surface area contributed by atoms with E-state index in [2.05, 4.69) is 31.9 Å². The lowest BCUT2D eigenvalue weighted by Gasteiger charge is -2.33. The van der Waals surface area contributed by atoms with E-state index in [9.17, 15) is 22.4 Å². The second-order valence-corrected chi connectivity index (χ2v) is 7.21. The highest BCUT2D eigenvalue weighted by Gasteiger charge is 2.56. The van der Waals surface area contributed by atoms with Gasteiger partial charge in [0.1, 0.15) is 0 Å². The molecule has 114 valence electrons. The minimum atomic E-state index is -5.01. The van der Waals surface area contributed by atoms with Gasteiger partial charge in [0, 0.05) is 11.2 Å². The van der Waals surface area contributed by atoms with Crippen LogP contribution in [0.1, 0.15) is 33.6 Å². The molecule has 0 N–H and O–H groups in total. The van der Waals surface area contributed by atoms with Crippen LogP contribution in [0.15, 0.2) is 0 Å². The number of carbonyl (C=O) groups excluding carboxylic acids is 1. The van der Waals surface area contributed by atoms with E-state index < -0.39 is 33.4 Å². The quantitative estimate of drug-likeness (QED) is 0.355. The SMILES string of the molecule is CCOC(=O)CC(C)(C)C(Br)CC(F)(Br)C(F)(F)F. The molecule has 8 heteroatoms. The average Bonchev–Trinajstić information content (AvgIpc) is 2.14. The van der Waals surface area contributed by atoms with Crippen molar-refractivity contribution in [3.8, 4) is 0 Å². The summed E-state index contributed by atoms with van der Waals surface area (Å²) in [6, 6.07) is 0. The molecule has 0 aliphatic rings. The van der Waals surface area contributed by atoms with Crippen molar-refractivity contribution in [2.24, 2.45) is 5.41 Å². The molecule has 0 aromatic rings. The number of rotatable bonds is 6. The second-order valence-electron chi connectivity index (χ2n) is 4.84. The minimum absolute atomic E-state index is 0.0995. The van der Waals surface area contributed by atoms with Gasteiger partial charge in [0.25, 0.3) is 4.58 Å². The molecular formula is C11H16Br2F4O2. The van der Waals surface area contributed by atoms with Gasteiger partial charge in [0.05, 0.1) is 13.0 Å². The maximum Gasteiger partial charge on any atom is 0.432 e. The first-order valence-electron chi connectivity index (χ1n) is 5.57. The summed E-state index contributed by atoms with van der Waals surface area (Å²) in [5.74, 6) is -0.525. The zero-order chi connectivity index (χ0) is 15.5. The standard InChI is InChI=1S/C11H16Br2F4O2/c1-4-19-8(18)6-9(2,3)7(12)5-10(13,14)11(15,16)17/h7H,4-6H2,1-3H3. The smallest absolute Gasteiger partial charge is 0.432 e. The van der Waals surface area contributed by atoms with E-state index in [4.69, 9.17) is 4.74 Å². The molecule has 2 atom stereocenters. The number of hydrogen-bond donors (Lipinski definition) is 0. The molecule has 0 spiro atoms. The van der Waals surface area contributed by atoms with Crippen LogP contribution in [0.5, 0.6) is 0 Å². The molecule has 0 aromatic carbocycles. The number of ether oxygens (including phenoxy) is 1. The van der Waals surface area contributed by atoms with Gasteiger partial charge < -0.3 is 4.74 Å². The Labute approximate surface area is 126 Å². The molecule has 0 fully saturated rings. The highest BCUT2D eigenvalue weighted by molar-refractivity contribution is 9.10. The molecule has 0 saturated carbocycles. The summed E-state index contributed by atoms with van der Waals surface area (Å²) in [5, 5.41) is 0. The normalized spacial score (nSPS) is 17.7. The summed E-state index contributed by atoms with van der Waals surface area (Å²) in [7, 11) is 0. The third kappa shape index (κ3) is 5.97. The fourth-order valence-electron chi connectivity index (χ4n) is 1.31. The fourth-order valence-corrected chi connectivity index (χ4v) is 2.68. The molecule has 2 nitrogen and oxygen atoms in total. The first-order valence-corrected chi connectivity index (χ1v) is 7.28. The molecule has 0 saturated heterocycles. The van der Waals surface area contributed by atoms with E-state index in [0.29, 0.717) is 0 Å². The van der Waals surface area contributed by atoms with Crippen molar-refractivity contribution < 1.29 is 27.1 Å². The van der Waals surface area contributed by atoms with E-state index in [1.165, 1.54) is 0 Å². The lowest BCUT2D eigenvalue weighted by molar-refractivity contribution is -0.194. The zero-order valence-corrected chi connectivity index (χ0v) is 14.0. The topological polar surface area (TPSA) is 26.3 Å². The molecular weight excluding hydrogens is 400 g/mol. The number of halogens is 6. The molecule has 0 heterocycles. The van der Waals surface area contributed by atoms with Gasteiger partial charge in [-0.15, -0.1) is 0 Å². The van der Waals surface area contributed by atoms with E-state index in [0.717, 1.165) is 0 Å². The van der Waals surface area contributed by atoms with Crippen LogP contribution < -0.4 is 0 Å². The summed E-state index contributed by atoms with van der Waals surface area (Å²) in [5.41, 5.74) is -0.872. The summed E-state index contributed by atoms with van der Waals surface area (Å²) < 4.78 is 52.1.